The summed E-state index contributed by atoms with van der Waals surface area (Å²) < 4.78 is 3.81. The predicted octanol–water partition coefficient (Wildman–Crippen LogP) is 1.71. The Morgan fingerprint density at radius 2 is 1.68 bits per heavy atom. The summed E-state index contributed by atoms with van der Waals surface area (Å²) in [7, 11) is 2.97. The summed E-state index contributed by atoms with van der Waals surface area (Å²) in [6.45, 7) is 11.3. The molecular formula is C23H31N5O3. The van der Waals surface area contributed by atoms with Crippen molar-refractivity contribution in [1.29, 1.82) is 0 Å². The van der Waals surface area contributed by atoms with Gasteiger partial charge in [0.25, 0.3) is 5.56 Å². The molecule has 166 valence electrons. The number of nitrogens with one attached hydrogen (secondary N) is 1. The topological polar surface area (TPSA) is 90.9 Å². The number of aromatic nitrogens is 4. The predicted molar refractivity (Wildman–Crippen MR) is 122 cm³/mol. The van der Waals surface area contributed by atoms with Crippen molar-refractivity contribution >= 4 is 17.1 Å². The lowest BCUT2D eigenvalue weighted by atomic mass is 9.83. The number of carbonyl (C=O) groups is 1. The number of hydrogen-bond acceptors (Lipinski definition) is 4. The summed E-state index contributed by atoms with van der Waals surface area (Å²) in [5.74, 6) is -0.211. The van der Waals surface area contributed by atoms with Crippen molar-refractivity contribution in [2.75, 3.05) is 6.54 Å². The van der Waals surface area contributed by atoms with Gasteiger partial charge in [0.15, 0.2) is 11.2 Å². The Morgan fingerprint density at radius 3 is 2.26 bits per heavy atom. The first-order valence-electron chi connectivity index (χ1n) is 10.4. The number of imidazole rings is 1. The Labute approximate surface area is 181 Å². The van der Waals surface area contributed by atoms with Crippen LogP contribution in [0.5, 0.6) is 0 Å². The van der Waals surface area contributed by atoms with Crippen LogP contribution in [0.3, 0.4) is 0 Å². The minimum atomic E-state index is -0.464. The van der Waals surface area contributed by atoms with E-state index >= 15 is 0 Å². The molecule has 1 N–H and O–H groups in total. The standard InChI is InChI=1S/C23H31N5O3/c1-14-10-16(23(3,4)5)11-15(2)17(14)8-9-24-18(29)12-28-13-25-20-19(28)21(30)27(7)22(31)26(20)6/h10-11,13H,8-9,12H2,1-7H3,(H,24,29). The molecule has 8 heteroatoms. The van der Waals surface area contributed by atoms with Crippen LogP contribution in [0.25, 0.3) is 11.2 Å². The van der Waals surface area contributed by atoms with Crippen LogP contribution in [-0.2, 0) is 37.3 Å². The smallest absolute Gasteiger partial charge is 0.332 e. The van der Waals surface area contributed by atoms with Crippen molar-refractivity contribution in [3.05, 3.63) is 61.6 Å². The maximum absolute atomic E-state index is 12.5. The first-order chi connectivity index (χ1) is 14.4. The van der Waals surface area contributed by atoms with E-state index in [0.717, 1.165) is 11.0 Å². The first-order valence-corrected chi connectivity index (χ1v) is 10.4. The van der Waals surface area contributed by atoms with Crippen LogP contribution in [0.4, 0.5) is 0 Å². The average molecular weight is 426 g/mol. The molecule has 2 heterocycles. The fourth-order valence-corrected chi connectivity index (χ4v) is 3.88. The van der Waals surface area contributed by atoms with E-state index in [1.54, 1.807) is 7.05 Å². The summed E-state index contributed by atoms with van der Waals surface area (Å²) in [5.41, 5.74) is 4.69. The van der Waals surface area contributed by atoms with E-state index in [1.807, 2.05) is 0 Å². The number of benzene rings is 1. The van der Waals surface area contributed by atoms with Crippen molar-refractivity contribution in [2.24, 2.45) is 14.1 Å². The van der Waals surface area contributed by atoms with Crippen molar-refractivity contribution in [3.8, 4) is 0 Å². The van der Waals surface area contributed by atoms with E-state index in [0.29, 0.717) is 6.54 Å². The van der Waals surface area contributed by atoms with Crippen LogP contribution < -0.4 is 16.6 Å². The number of aryl methyl sites for hydroxylation is 3. The lowest BCUT2D eigenvalue weighted by Gasteiger charge is -2.22. The van der Waals surface area contributed by atoms with Crippen molar-refractivity contribution in [2.45, 2.75) is 53.0 Å². The molecule has 1 amide bonds. The summed E-state index contributed by atoms with van der Waals surface area (Å²) in [5, 5.41) is 2.93. The lowest BCUT2D eigenvalue weighted by molar-refractivity contribution is -0.121. The Morgan fingerprint density at radius 1 is 1.06 bits per heavy atom. The van der Waals surface area contributed by atoms with Gasteiger partial charge in [-0.1, -0.05) is 32.9 Å². The van der Waals surface area contributed by atoms with Crippen LogP contribution >= 0.6 is 0 Å². The molecule has 3 aromatic rings. The van der Waals surface area contributed by atoms with Gasteiger partial charge in [0.1, 0.15) is 6.54 Å². The number of amides is 1. The molecule has 0 unspecified atom stereocenters. The van der Waals surface area contributed by atoms with Gasteiger partial charge in [-0.2, -0.15) is 0 Å². The summed E-state index contributed by atoms with van der Waals surface area (Å²) in [6, 6.07) is 4.45. The minimum Gasteiger partial charge on any atom is -0.354 e. The normalized spacial score (nSPS) is 11.8. The zero-order valence-corrected chi connectivity index (χ0v) is 19.4. The molecule has 1 aromatic carbocycles. The third-order valence-corrected chi connectivity index (χ3v) is 5.79. The molecular weight excluding hydrogens is 394 g/mol. The molecule has 0 bridgehead atoms. The van der Waals surface area contributed by atoms with Crippen molar-refractivity contribution < 1.29 is 4.79 Å². The van der Waals surface area contributed by atoms with Gasteiger partial charge in [-0.15, -0.1) is 0 Å². The van der Waals surface area contributed by atoms with Gasteiger partial charge in [0.05, 0.1) is 6.33 Å². The lowest BCUT2D eigenvalue weighted by Crippen LogP contribution is -2.38. The molecule has 0 saturated heterocycles. The Balaban J connectivity index is 1.71. The van der Waals surface area contributed by atoms with E-state index in [9.17, 15) is 14.4 Å². The molecule has 0 atom stereocenters. The molecule has 0 aliphatic carbocycles. The molecule has 0 aliphatic heterocycles. The van der Waals surface area contributed by atoms with E-state index in [4.69, 9.17) is 0 Å². The second-order valence-corrected chi connectivity index (χ2v) is 9.19. The van der Waals surface area contributed by atoms with Gasteiger partial charge >= 0.3 is 5.69 Å². The summed E-state index contributed by atoms with van der Waals surface area (Å²) in [4.78, 5) is 41.2. The highest BCUT2D eigenvalue weighted by atomic mass is 16.2. The number of fused-ring (bicyclic) bond motifs is 1. The molecule has 0 fully saturated rings. The molecule has 0 spiro atoms. The first kappa shape index (κ1) is 22.5. The number of rotatable bonds is 5. The third-order valence-electron chi connectivity index (χ3n) is 5.79. The van der Waals surface area contributed by atoms with Crippen molar-refractivity contribution in [1.82, 2.24) is 24.0 Å². The number of hydrogen-bond donors (Lipinski definition) is 1. The quantitative estimate of drug-likeness (QED) is 0.674. The molecule has 8 nitrogen and oxygen atoms in total. The fourth-order valence-electron chi connectivity index (χ4n) is 3.88. The molecule has 3 rings (SSSR count). The van der Waals surface area contributed by atoms with Gasteiger partial charge in [-0.05, 0) is 47.9 Å². The van der Waals surface area contributed by atoms with Crippen molar-refractivity contribution in [3.63, 3.8) is 0 Å². The number of carbonyl (C=O) groups excluding carboxylic acids is 1. The monoisotopic (exact) mass is 425 g/mol. The Kier molecular flexibility index (Phi) is 5.93. The molecule has 0 saturated carbocycles. The van der Waals surface area contributed by atoms with Gasteiger partial charge in [-0.25, -0.2) is 9.78 Å². The molecule has 0 radical (unpaired) electrons. The van der Waals surface area contributed by atoms with Crippen LogP contribution in [0.15, 0.2) is 28.0 Å². The van der Waals surface area contributed by atoms with E-state index in [-0.39, 0.29) is 29.0 Å². The maximum atomic E-state index is 12.5. The van der Waals surface area contributed by atoms with E-state index in [2.05, 4.69) is 57.1 Å². The van der Waals surface area contributed by atoms with Gasteiger partial charge in [0, 0.05) is 20.6 Å². The van der Waals surface area contributed by atoms with Gasteiger partial charge in [-0.3, -0.25) is 18.7 Å². The van der Waals surface area contributed by atoms with E-state index in [1.165, 1.54) is 44.8 Å². The largest absolute Gasteiger partial charge is 0.354 e. The zero-order chi connectivity index (χ0) is 23.1. The van der Waals surface area contributed by atoms with Crippen LogP contribution in [-0.4, -0.2) is 31.1 Å². The van der Waals surface area contributed by atoms with Gasteiger partial charge < -0.3 is 9.88 Å². The van der Waals surface area contributed by atoms with Crippen LogP contribution in [0.2, 0.25) is 0 Å². The molecule has 0 aliphatic rings. The average Bonchev–Trinajstić information content (AvgIpc) is 3.09. The number of nitrogens with zero attached hydrogens (tertiary/aromatic N) is 4. The highest BCUT2D eigenvalue weighted by Gasteiger charge is 2.17. The Hall–Kier alpha value is -3.16. The zero-order valence-electron chi connectivity index (χ0n) is 19.4. The van der Waals surface area contributed by atoms with Crippen LogP contribution in [0.1, 0.15) is 43.0 Å². The summed E-state index contributed by atoms with van der Waals surface area (Å²) >= 11 is 0. The van der Waals surface area contributed by atoms with Gasteiger partial charge in [0.2, 0.25) is 5.91 Å². The minimum absolute atomic E-state index is 0.0368. The van der Waals surface area contributed by atoms with E-state index < -0.39 is 11.2 Å². The third kappa shape index (κ3) is 4.33. The highest BCUT2D eigenvalue weighted by Crippen LogP contribution is 2.27. The maximum Gasteiger partial charge on any atom is 0.332 e. The SMILES string of the molecule is Cc1cc(C(C)(C)C)cc(C)c1CCNC(=O)Cn1cnc2c1c(=O)n(C)c(=O)n2C. The second kappa shape index (κ2) is 8.17. The highest BCUT2D eigenvalue weighted by molar-refractivity contribution is 5.78. The Bertz CT molecular complexity index is 1250. The van der Waals surface area contributed by atoms with Crippen LogP contribution in [0, 0.1) is 13.8 Å². The fraction of sp³-hybridized carbons (Fsp3) is 0.478. The summed E-state index contributed by atoms with van der Waals surface area (Å²) in [6.07, 6.45) is 2.15. The second-order valence-electron chi connectivity index (χ2n) is 9.19. The molecule has 31 heavy (non-hydrogen) atoms. The molecule has 2 aromatic heterocycles.